The lowest BCUT2D eigenvalue weighted by atomic mass is 9.97. The first-order chi connectivity index (χ1) is 16.8. The van der Waals surface area contributed by atoms with E-state index in [0.29, 0.717) is 0 Å². The van der Waals surface area contributed by atoms with Gasteiger partial charge in [0.15, 0.2) is 0 Å². The largest absolute Gasteiger partial charge is 0.439 e. The molecular weight excluding hydrogens is 414 g/mol. The molecule has 0 aliphatic heterocycles. The Labute approximate surface area is 197 Å². The first-order valence-corrected chi connectivity index (χ1v) is 11.5. The summed E-state index contributed by atoms with van der Waals surface area (Å²) in [6.07, 6.45) is 0. The topological polar surface area (TPSA) is 16.4 Å². The summed E-state index contributed by atoms with van der Waals surface area (Å²) in [6, 6.07) is 44.8. The van der Waals surface area contributed by atoms with Crippen molar-refractivity contribution in [3.8, 4) is 0 Å². The Bertz CT molecular complexity index is 1760. The lowest BCUT2D eigenvalue weighted by Gasteiger charge is -2.22. The zero-order valence-electron chi connectivity index (χ0n) is 18.5. The number of fused-ring (bicyclic) bond motifs is 6. The van der Waals surface area contributed by atoms with Crippen molar-refractivity contribution < 1.29 is 4.42 Å². The fourth-order valence-electron chi connectivity index (χ4n) is 4.98. The van der Waals surface area contributed by atoms with Crippen molar-refractivity contribution in [2.45, 2.75) is 0 Å². The van der Waals surface area contributed by atoms with Crippen LogP contribution in [0.5, 0.6) is 0 Å². The Morgan fingerprint density at radius 3 is 1.71 bits per heavy atom. The quantitative estimate of drug-likeness (QED) is 0.203. The first-order valence-electron chi connectivity index (χ1n) is 11.5. The van der Waals surface area contributed by atoms with E-state index in [-0.39, 0.29) is 0 Å². The average Bonchev–Trinajstić information content (AvgIpc) is 3.33. The molecule has 0 spiro atoms. The van der Waals surface area contributed by atoms with Crippen LogP contribution >= 0.6 is 0 Å². The zero-order valence-corrected chi connectivity index (χ0v) is 18.5. The highest BCUT2D eigenvalue weighted by Gasteiger charge is 2.18. The minimum Gasteiger partial charge on any atom is -0.439 e. The van der Waals surface area contributed by atoms with Gasteiger partial charge < -0.3 is 4.42 Å². The van der Waals surface area contributed by atoms with E-state index in [4.69, 9.17) is 4.42 Å². The summed E-state index contributed by atoms with van der Waals surface area (Å²) in [7, 11) is 0. The van der Waals surface area contributed by atoms with E-state index in [1.165, 1.54) is 26.9 Å². The Balaban J connectivity index is 1.47. The summed E-state index contributed by atoms with van der Waals surface area (Å²) in [5, 5.41) is 8.44. The van der Waals surface area contributed by atoms with Crippen LogP contribution < -0.4 is 4.90 Å². The van der Waals surface area contributed by atoms with Gasteiger partial charge in [-0.15, -0.1) is 0 Å². The molecular formula is C32H21NO. The summed E-state index contributed by atoms with van der Waals surface area (Å²) >= 11 is 0. The van der Waals surface area contributed by atoms with Gasteiger partial charge in [-0.25, -0.2) is 0 Å². The lowest BCUT2D eigenvalue weighted by Crippen LogP contribution is -2.08. The van der Waals surface area contributed by atoms with E-state index in [9.17, 15) is 0 Å². The van der Waals surface area contributed by atoms with Crippen LogP contribution in [-0.2, 0) is 0 Å². The third-order valence-corrected chi connectivity index (χ3v) is 6.60. The van der Waals surface area contributed by atoms with Crippen molar-refractivity contribution >= 4 is 60.5 Å². The minimum absolute atomic E-state index is 0.804. The van der Waals surface area contributed by atoms with E-state index in [1.807, 2.05) is 12.1 Å². The molecule has 0 N–H and O–H groups in total. The molecule has 0 unspecified atom stereocenters. The Hall–Kier alpha value is -4.56. The monoisotopic (exact) mass is 435 g/mol. The van der Waals surface area contributed by atoms with Gasteiger partial charge in [-0.05, 0) is 69.4 Å². The van der Waals surface area contributed by atoms with Gasteiger partial charge in [0.25, 0.3) is 0 Å². The molecule has 1 heterocycles. The molecule has 0 amide bonds. The normalized spacial score (nSPS) is 11.5. The van der Waals surface area contributed by atoms with Gasteiger partial charge in [-0.3, -0.25) is 4.90 Å². The molecule has 2 heteroatoms. The first kappa shape index (κ1) is 19.0. The number of benzene rings is 6. The van der Waals surface area contributed by atoms with Crippen LogP contribution in [0.15, 0.2) is 132 Å². The van der Waals surface area contributed by atoms with Crippen LogP contribution in [0.4, 0.5) is 17.3 Å². The molecule has 0 bridgehead atoms. The van der Waals surface area contributed by atoms with Crippen LogP contribution in [-0.4, -0.2) is 0 Å². The smallest absolute Gasteiger partial charge is 0.205 e. The SMILES string of the molecule is c1ccc(N(c2ccccc2)c2cc3ccc4c5cc6ccccc6cc5ccc4c3o2)cc1. The van der Waals surface area contributed by atoms with Gasteiger partial charge in [-0.1, -0.05) is 78.9 Å². The molecule has 0 atom stereocenters. The fourth-order valence-corrected chi connectivity index (χ4v) is 4.98. The second-order valence-electron chi connectivity index (χ2n) is 8.66. The number of rotatable bonds is 3. The molecule has 7 aromatic rings. The predicted octanol–water partition coefficient (Wildman–Crippen LogP) is 9.36. The second kappa shape index (κ2) is 7.50. The second-order valence-corrected chi connectivity index (χ2v) is 8.66. The number of para-hydroxylation sites is 2. The molecule has 0 aliphatic carbocycles. The number of hydrogen-bond acceptors (Lipinski definition) is 2. The molecule has 0 saturated carbocycles. The molecule has 0 radical (unpaired) electrons. The third kappa shape index (κ3) is 2.96. The highest BCUT2D eigenvalue weighted by atomic mass is 16.4. The highest BCUT2D eigenvalue weighted by Crippen LogP contribution is 2.41. The summed E-state index contributed by atoms with van der Waals surface area (Å²) < 4.78 is 6.61. The van der Waals surface area contributed by atoms with Gasteiger partial charge in [0.2, 0.25) is 5.88 Å². The molecule has 1 aromatic heterocycles. The van der Waals surface area contributed by atoms with E-state index < -0.39 is 0 Å². The van der Waals surface area contributed by atoms with Gasteiger partial charge in [0.05, 0.1) is 0 Å². The van der Waals surface area contributed by atoms with Crippen LogP contribution in [0.3, 0.4) is 0 Å². The maximum absolute atomic E-state index is 6.61. The highest BCUT2D eigenvalue weighted by molar-refractivity contribution is 6.18. The summed E-state index contributed by atoms with van der Waals surface area (Å²) in [5.41, 5.74) is 3.04. The van der Waals surface area contributed by atoms with Crippen molar-refractivity contribution in [3.63, 3.8) is 0 Å². The van der Waals surface area contributed by atoms with Crippen molar-refractivity contribution in [1.29, 1.82) is 0 Å². The predicted molar refractivity (Wildman–Crippen MR) is 143 cm³/mol. The molecule has 7 rings (SSSR count). The number of nitrogens with zero attached hydrogens (tertiary/aromatic N) is 1. The Kier molecular flexibility index (Phi) is 4.18. The van der Waals surface area contributed by atoms with Gasteiger partial charge in [-0.2, -0.15) is 0 Å². The molecule has 34 heavy (non-hydrogen) atoms. The van der Waals surface area contributed by atoms with Crippen molar-refractivity contribution in [2.24, 2.45) is 0 Å². The van der Waals surface area contributed by atoms with Gasteiger partial charge in [0.1, 0.15) is 5.58 Å². The van der Waals surface area contributed by atoms with E-state index in [0.717, 1.165) is 33.6 Å². The van der Waals surface area contributed by atoms with Crippen molar-refractivity contribution in [3.05, 3.63) is 127 Å². The summed E-state index contributed by atoms with van der Waals surface area (Å²) in [4.78, 5) is 2.17. The van der Waals surface area contributed by atoms with Gasteiger partial charge >= 0.3 is 0 Å². The zero-order chi connectivity index (χ0) is 22.5. The molecule has 0 saturated heterocycles. The molecule has 0 fully saturated rings. The maximum Gasteiger partial charge on any atom is 0.205 e. The standard InChI is InChI=1S/C32H21NO/c1-3-11-26(12-4-1)33(27-13-5-2-6-14-27)31-21-25-16-17-28-29(32(25)34-31)18-15-24-19-22-9-7-8-10-23(22)20-30(24)28/h1-21H. The summed E-state index contributed by atoms with van der Waals surface area (Å²) in [5.74, 6) is 0.804. The van der Waals surface area contributed by atoms with Crippen LogP contribution in [0.2, 0.25) is 0 Å². The molecule has 160 valence electrons. The molecule has 6 aromatic carbocycles. The lowest BCUT2D eigenvalue weighted by molar-refractivity contribution is 0.624. The van der Waals surface area contributed by atoms with Gasteiger partial charge in [0, 0.05) is 28.2 Å². The molecule has 2 nitrogen and oxygen atoms in total. The minimum atomic E-state index is 0.804. The summed E-state index contributed by atoms with van der Waals surface area (Å²) in [6.45, 7) is 0. The Morgan fingerprint density at radius 2 is 1.00 bits per heavy atom. The number of furan rings is 1. The maximum atomic E-state index is 6.61. The van der Waals surface area contributed by atoms with E-state index >= 15 is 0 Å². The number of anilines is 3. The van der Waals surface area contributed by atoms with Crippen LogP contribution in [0.25, 0.3) is 43.3 Å². The van der Waals surface area contributed by atoms with E-state index in [2.05, 4.69) is 120 Å². The number of hydrogen-bond donors (Lipinski definition) is 0. The third-order valence-electron chi connectivity index (χ3n) is 6.60. The van der Waals surface area contributed by atoms with Crippen molar-refractivity contribution in [2.75, 3.05) is 4.90 Å². The van der Waals surface area contributed by atoms with Crippen LogP contribution in [0.1, 0.15) is 0 Å². The average molecular weight is 436 g/mol. The molecule has 0 aliphatic rings. The Morgan fingerprint density at radius 1 is 0.412 bits per heavy atom. The fraction of sp³-hybridized carbons (Fsp3) is 0. The van der Waals surface area contributed by atoms with E-state index in [1.54, 1.807) is 0 Å². The van der Waals surface area contributed by atoms with Crippen LogP contribution in [0, 0.1) is 0 Å². The van der Waals surface area contributed by atoms with Crippen molar-refractivity contribution in [1.82, 2.24) is 0 Å².